The topological polar surface area (TPSA) is 55.8 Å². The van der Waals surface area contributed by atoms with Crippen molar-refractivity contribution in [3.63, 3.8) is 0 Å². The molecule has 1 amide bonds. The number of nitrogens with zero attached hydrogens (tertiary/aromatic N) is 1. The molecule has 1 atom stereocenters. The lowest BCUT2D eigenvalue weighted by atomic mass is 9.87. The summed E-state index contributed by atoms with van der Waals surface area (Å²) in [6, 6.07) is 12.7. The molecule has 4 rings (SSSR count). The van der Waals surface area contributed by atoms with Crippen LogP contribution in [-0.2, 0) is 11.2 Å². The lowest BCUT2D eigenvalue weighted by molar-refractivity contribution is -0.130. The van der Waals surface area contributed by atoms with E-state index in [-0.39, 0.29) is 18.5 Å². The molecule has 2 aliphatic rings. The highest BCUT2D eigenvalue weighted by atomic mass is 16.7. The molecular formula is C19H17NO4. The summed E-state index contributed by atoms with van der Waals surface area (Å²) in [5, 5.41) is 0. The fraction of sp³-hybridized carbons (Fsp3) is 0.263. The average Bonchev–Trinajstić information content (AvgIpc) is 3.03. The third-order valence-corrected chi connectivity index (χ3v) is 4.63. The van der Waals surface area contributed by atoms with Gasteiger partial charge >= 0.3 is 0 Å². The minimum absolute atomic E-state index is 0.154. The van der Waals surface area contributed by atoms with Gasteiger partial charge in [0.15, 0.2) is 17.3 Å². The van der Waals surface area contributed by atoms with E-state index in [1.165, 1.54) is 0 Å². The zero-order valence-electron chi connectivity index (χ0n) is 13.3. The van der Waals surface area contributed by atoms with E-state index >= 15 is 0 Å². The zero-order chi connectivity index (χ0) is 16.7. The number of rotatable bonds is 2. The molecule has 0 unspecified atom stereocenters. The third-order valence-electron chi connectivity index (χ3n) is 4.63. The van der Waals surface area contributed by atoms with Gasteiger partial charge < -0.3 is 14.4 Å². The minimum Gasteiger partial charge on any atom is -0.454 e. The number of ketones is 1. The SMILES string of the molecule is CN1CCc2ccccc2[C@@H](C(=O)c2ccc3c(c2)OCO3)C1=O. The van der Waals surface area contributed by atoms with Gasteiger partial charge in [0.2, 0.25) is 12.7 Å². The van der Waals surface area contributed by atoms with E-state index in [0.29, 0.717) is 23.6 Å². The van der Waals surface area contributed by atoms with E-state index < -0.39 is 5.92 Å². The molecule has 2 aromatic rings. The van der Waals surface area contributed by atoms with Gasteiger partial charge in [0.05, 0.1) is 0 Å². The van der Waals surface area contributed by atoms with Crippen molar-refractivity contribution in [3.8, 4) is 11.5 Å². The molecule has 2 aliphatic heterocycles. The molecule has 122 valence electrons. The molecule has 0 saturated carbocycles. The van der Waals surface area contributed by atoms with Gasteiger partial charge in [0.25, 0.3) is 0 Å². The van der Waals surface area contributed by atoms with E-state index in [1.807, 2.05) is 24.3 Å². The van der Waals surface area contributed by atoms with Crippen LogP contribution in [0.15, 0.2) is 42.5 Å². The van der Waals surface area contributed by atoms with E-state index in [1.54, 1.807) is 30.1 Å². The Hall–Kier alpha value is -2.82. The van der Waals surface area contributed by atoms with Gasteiger partial charge in [-0.2, -0.15) is 0 Å². The Labute approximate surface area is 139 Å². The first-order valence-electron chi connectivity index (χ1n) is 7.92. The Balaban J connectivity index is 1.78. The normalized spacial score (nSPS) is 19.0. The standard InChI is InChI=1S/C19H17NO4/c1-20-9-8-12-4-2-3-5-14(12)17(19(20)22)18(21)13-6-7-15-16(10-13)24-11-23-15/h2-7,10,17H,8-9,11H2,1H3/t17-/m0/s1. The van der Waals surface area contributed by atoms with Gasteiger partial charge in [-0.05, 0) is 35.7 Å². The lowest BCUT2D eigenvalue weighted by Crippen LogP contribution is -2.34. The van der Waals surface area contributed by atoms with Crippen molar-refractivity contribution >= 4 is 11.7 Å². The number of likely N-dealkylation sites (N-methyl/N-ethyl adjacent to an activating group) is 1. The van der Waals surface area contributed by atoms with Crippen LogP contribution in [0, 0.1) is 0 Å². The van der Waals surface area contributed by atoms with Crippen molar-refractivity contribution < 1.29 is 19.1 Å². The van der Waals surface area contributed by atoms with Crippen molar-refractivity contribution in [3.05, 3.63) is 59.2 Å². The molecule has 0 bridgehead atoms. The van der Waals surface area contributed by atoms with Crippen LogP contribution in [-0.4, -0.2) is 37.0 Å². The highest BCUT2D eigenvalue weighted by Gasteiger charge is 2.35. The Kier molecular flexibility index (Phi) is 3.49. The number of ether oxygens (including phenoxy) is 2. The highest BCUT2D eigenvalue weighted by Crippen LogP contribution is 2.35. The van der Waals surface area contributed by atoms with Crippen LogP contribution in [0.4, 0.5) is 0 Å². The summed E-state index contributed by atoms with van der Waals surface area (Å²) in [6.07, 6.45) is 0.753. The predicted octanol–water partition coefficient (Wildman–Crippen LogP) is 2.40. The Morgan fingerprint density at radius 3 is 2.79 bits per heavy atom. The van der Waals surface area contributed by atoms with Crippen LogP contribution in [0.5, 0.6) is 11.5 Å². The molecule has 0 spiro atoms. The molecule has 24 heavy (non-hydrogen) atoms. The quantitative estimate of drug-likeness (QED) is 0.629. The first-order valence-corrected chi connectivity index (χ1v) is 7.92. The molecule has 0 N–H and O–H groups in total. The largest absolute Gasteiger partial charge is 0.454 e. The van der Waals surface area contributed by atoms with E-state index in [0.717, 1.165) is 17.5 Å². The second kappa shape index (κ2) is 5.67. The number of fused-ring (bicyclic) bond motifs is 2. The van der Waals surface area contributed by atoms with Crippen molar-refractivity contribution in [1.82, 2.24) is 4.90 Å². The van der Waals surface area contributed by atoms with Crippen LogP contribution in [0.25, 0.3) is 0 Å². The number of carbonyl (C=O) groups is 2. The van der Waals surface area contributed by atoms with Crippen LogP contribution in [0.2, 0.25) is 0 Å². The van der Waals surface area contributed by atoms with Crippen molar-refractivity contribution in [2.24, 2.45) is 0 Å². The summed E-state index contributed by atoms with van der Waals surface area (Å²) >= 11 is 0. The van der Waals surface area contributed by atoms with Crippen LogP contribution >= 0.6 is 0 Å². The average molecular weight is 323 g/mol. The Morgan fingerprint density at radius 2 is 1.92 bits per heavy atom. The molecule has 5 heteroatoms. The third kappa shape index (κ3) is 2.33. The summed E-state index contributed by atoms with van der Waals surface area (Å²) in [6.45, 7) is 0.766. The molecule has 0 radical (unpaired) electrons. The monoisotopic (exact) mass is 323 g/mol. The van der Waals surface area contributed by atoms with Gasteiger partial charge in [0.1, 0.15) is 5.92 Å². The number of hydrogen-bond acceptors (Lipinski definition) is 4. The lowest BCUT2D eigenvalue weighted by Gasteiger charge is -2.20. The van der Waals surface area contributed by atoms with E-state index in [9.17, 15) is 9.59 Å². The highest BCUT2D eigenvalue weighted by molar-refractivity contribution is 6.14. The molecule has 0 fully saturated rings. The second-order valence-electron chi connectivity index (χ2n) is 6.07. The summed E-state index contributed by atoms with van der Waals surface area (Å²) < 4.78 is 10.6. The van der Waals surface area contributed by atoms with Gasteiger partial charge in [0, 0.05) is 19.2 Å². The first kappa shape index (κ1) is 14.8. The van der Waals surface area contributed by atoms with E-state index in [4.69, 9.17) is 9.47 Å². The van der Waals surface area contributed by atoms with E-state index in [2.05, 4.69) is 0 Å². The maximum atomic E-state index is 13.1. The van der Waals surface area contributed by atoms with Crippen LogP contribution < -0.4 is 9.47 Å². The molecule has 5 nitrogen and oxygen atoms in total. The fourth-order valence-electron chi connectivity index (χ4n) is 3.27. The molecule has 2 heterocycles. The molecule has 0 aromatic heterocycles. The maximum Gasteiger partial charge on any atom is 0.237 e. The first-order chi connectivity index (χ1) is 11.6. The van der Waals surface area contributed by atoms with Crippen molar-refractivity contribution in [2.45, 2.75) is 12.3 Å². The minimum atomic E-state index is -0.811. The van der Waals surface area contributed by atoms with Crippen molar-refractivity contribution in [1.29, 1.82) is 0 Å². The number of amides is 1. The molecule has 2 aromatic carbocycles. The van der Waals surface area contributed by atoms with Gasteiger partial charge in [-0.25, -0.2) is 0 Å². The number of hydrogen-bond donors (Lipinski definition) is 0. The molecular weight excluding hydrogens is 306 g/mol. The summed E-state index contributed by atoms with van der Waals surface area (Å²) in [5.41, 5.74) is 2.31. The maximum absolute atomic E-state index is 13.1. The Bertz CT molecular complexity index is 830. The van der Waals surface area contributed by atoms with Crippen LogP contribution in [0.1, 0.15) is 27.4 Å². The number of carbonyl (C=O) groups excluding carboxylic acids is 2. The van der Waals surface area contributed by atoms with Gasteiger partial charge in [-0.15, -0.1) is 0 Å². The number of benzene rings is 2. The second-order valence-corrected chi connectivity index (χ2v) is 6.07. The summed E-state index contributed by atoms with van der Waals surface area (Å²) in [4.78, 5) is 27.6. The number of Topliss-reactive ketones (excluding diaryl/α,β-unsaturated/α-hetero) is 1. The summed E-state index contributed by atoms with van der Waals surface area (Å²) in [5.74, 6) is -0.0176. The summed E-state index contributed by atoms with van der Waals surface area (Å²) in [7, 11) is 1.74. The Morgan fingerprint density at radius 1 is 1.12 bits per heavy atom. The van der Waals surface area contributed by atoms with Gasteiger partial charge in [-0.1, -0.05) is 24.3 Å². The van der Waals surface area contributed by atoms with Gasteiger partial charge in [-0.3, -0.25) is 9.59 Å². The molecule has 0 aliphatic carbocycles. The molecule has 0 saturated heterocycles. The fourth-order valence-corrected chi connectivity index (χ4v) is 3.27. The smallest absolute Gasteiger partial charge is 0.237 e. The predicted molar refractivity (Wildman–Crippen MR) is 87.4 cm³/mol. The van der Waals surface area contributed by atoms with Crippen molar-refractivity contribution in [2.75, 3.05) is 20.4 Å². The van der Waals surface area contributed by atoms with Crippen LogP contribution in [0.3, 0.4) is 0 Å². The zero-order valence-corrected chi connectivity index (χ0v) is 13.3.